The van der Waals surface area contributed by atoms with Crippen LogP contribution in [0.2, 0.25) is 0 Å². The van der Waals surface area contributed by atoms with Crippen LogP contribution in [0, 0.1) is 22.5 Å². The van der Waals surface area contributed by atoms with Crippen LogP contribution in [-0.4, -0.2) is 50.7 Å². The number of rotatable bonds is 5. The van der Waals surface area contributed by atoms with Gasteiger partial charge in [0.15, 0.2) is 33.1 Å². The number of aromatic amines is 1. The number of carboxylic acid groups (broad SMARTS) is 1. The number of carboxylic acids is 1. The van der Waals surface area contributed by atoms with E-state index in [1.165, 1.54) is 28.9 Å². The summed E-state index contributed by atoms with van der Waals surface area (Å²) in [6.45, 7) is 9.49. The SMILES string of the molecule is CC[C@@](C)(Cc1cccc([C@@]2(C)CCCC(C)(C)CS(=O)(=O)CCc3c(c(F)cc4[nH]ccc34)Oc3ccc(F)c(c3)-c3nc2nn3C)c1)C(=O)O. The molecule has 12 heteroatoms. The molecule has 6 rings (SSSR count). The minimum Gasteiger partial charge on any atom is -0.481 e. The molecule has 1 aliphatic rings. The highest BCUT2D eigenvalue weighted by molar-refractivity contribution is 7.91. The van der Waals surface area contributed by atoms with Crippen LogP contribution in [0.3, 0.4) is 0 Å². The molecule has 0 saturated carbocycles. The Balaban J connectivity index is 1.50. The van der Waals surface area contributed by atoms with Crippen molar-refractivity contribution in [1.29, 1.82) is 0 Å². The molecule has 4 bridgehead atoms. The highest BCUT2D eigenvalue weighted by atomic mass is 32.2. The van der Waals surface area contributed by atoms with Gasteiger partial charge in [-0.25, -0.2) is 26.9 Å². The van der Waals surface area contributed by atoms with Gasteiger partial charge >= 0.3 is 5.97 Å². The van der Waals surface area contributed by atoms with E-state index in [0.29, 0.717) is 54.4 Å². The molecule has 0 unspecified atom stereocenters. The van der Waals surface area contributed by atoms with Gasteiger partial charge in [-0.15, -0.1) is 0 Å². The van der Waals surface area contributed by atoms with E-state index in [1.807, 2.05) is 52.0 Å². The van der Waals surface area contributed by atoms with Gasteiger partial charge in [0.05, 0.1) is 27.9 Å². The van der Waals surface area contributed by atoms with E-state index in [2.05, 4.69) is 4.98 Å². The molecule has 0 saturated heterocycles. The molecule has 0 radical (unpaired) electrons. The van der Waals surface area contributed by atoms with E-state index in [4.69, 9.17) is 14.8 Å². The number of halogens is 2. The maximum atomic E-state index is 15.7. The highest BCUT2D eigenvalue weighted by Gasteiger charge is 2.37. The molecule has 9 nitrogen and oxygen atoms in total. The number of nitrogens with one attached hydrogen (secondary N) is 1. The molecule has 3 aromatic carbocycles. The number of hydrogen-bond donors (Lipinski definition) is 2. The number of nitrogens with zero attached hydrogens (tertiary/aromatic N) is 3. The lowest BCUT2D eigenvalue weighted by Crippen LogP contribution is -2.30. The van der Waals surface area contributed by atoms with E-state index in [9.17, 15) is 18.3 Å². The summed E-state index contributed by atoms with van der Waals surface area (Å²) in [5.41, 5.74) is 0.389. The number of sulfone groups is 1. The second-order valence-electron chi connectivity index (χ2n) is 15.5. The zero-order valence-electron chi connectivity index (χ0n) is 30.5. The van der Waals surface area contributed by atoms with Crippen LogP contribution >= 0.6 is 0 Å². The molecular weight excluding hydrogens is 687 g/mol. The minimum atomic E-state index is -3.60. The number of fused-ring (bicyclic) bond motifs is 8. The molecule has 5 aromatic rings. The monoisotopic (exact) mass is 732 g/mol. The minimum absolute atomic E-state index is 0.0218. The lowest BCUT2D eigenvalue weighted by molar-refractivity contribution is -0.148. The summed E-state index contributed by atoms with van der Waals surface area (Å²) >= 11 is 0. The van der Waals surface area contributed by atoms with E-state index < -0.39 is 43.7 Å². The van der Waals surface area contributed by atoms with Gasteiger partial charge in [0.2, 0.25) is 0 Å². The van der Waals surface area contributed by atoms with Crippen LogP contribution in [0.4, 0.5) is 8.78 Å². The van der Waals surface area contributed by atoms with Crippen LogP contribution < -0.4 is 4.74 Å². The summed E-state index contributed by atoms with van der Waals surface area (Å²) in [6.07, 6.45) is 4.19. The maximum Gasteiger partial charge on any atom is 0.309 e. The van der Waals surface area contributed by atoms with Gasteiger partial charge in [0, 0.05) is 35.8 Å². The Kier molecular flexibility index (Phi) is 9.84. The number of carbonyl (C=O) groups is 1. The van der Waals surface area contributed by atoms with Gasteiger partial charge in [-0.3, -0.25) is 4.79 Å². The quantitative estimate of drug-likeness (QED) is 0.185. The van der Waals surface area contributed by atoms with E-state index in [0.717, 1.165) is 11.1 Å². The summed E-state index contributed by atoms with van der Waals surface area (Å²) in [6, 6.07) is 14.9. The smallest absolute Gasteiger partial charge is 0.309 e. The van der Waals surface area contributed by atoms with Crippen molar-refractivity contribution in [1.82, 2.24) is 19.7 Å². The fourth-order valence-electron chi connectivity index (χ4n) is 7.42. The van der Waals surface area contributed by atoms with Gasteiger partial charge in [-0.2, -0.15) is 5.10 Å². The lowest BCUT2D eigenvalue weighted by atomic mass is 9.74. The molecule has 2 aromatic heterocycles. The van der Waals surface area contributed by atoms with Crippen LogP contribution in [0.25, 0.3) is 22.3 Å². The number of ether oxygens (including phenoxy) is 1. The number of benzene rings is 3. The van der Waals surface area contributed by atoms with E-state index >= 15 is 8.78 Å². The van der Waals surface area contributed by atoms with Crippen LogP contribution in [0.1, 0.15) is 82.8 Å². The molecular formula is C40H46F2N4O5S. The number of aromatic nitrogens is 4. The first kappa shape index (κ1) is 37.2. The van der Waals surface area contributed by atoms with Crippen LogP contribution in [0.5, 0.6) is 11.5 Å². The third kappa shape index (κ3) is 7.35. The Morgan fingerprint density at radius 2 is 1.85 bits per heavy atom. The standard InChI is InChI=1S/C40H46F2N4O5S/c1-7-39(4,37(47)48)23-25-10-8-11-26(20-25)40(5)17-9-16-38(2,3)24-52(49,50)19-15-29-28-14-18-43-33(28)22-32(42)34(29)51-27-12-13-31(41)30(21-27)35-44-36(40)45-46(35)6/h8,10-14,18,20-22,43H,7,9,15-17,19,23-24H2,1-6H3,(H,47,48)/t39-,40+/m0/s1. The fourth-order valence-corrected chi connectivity index (χ4v) is 9.42. The summed E-state index contributed by atoms with van der Waals surface area (Å²) in [7, 11) is -1.92. The molecule has 2 N–H and O–H groups in total. The molecule has 0 aliphatic carbocycles. The Labute approximate surface area is 303 Å². The average Bonchev–Trinajstić information content (AvgIpc) is 3.70. The normalized spacial score (nSPS) is 20.2. The Hall–Kier alpha value is -4.58. The highest BCUT2D eigenvalue weighted by Crippen LogP contribution is 2.41. The zero-order valence-corrected chi connectivity index (χ0v) is 31.3. The predicted octanol–water partition coefficient (Wildman–Crippen LogP) is 8.55. The van der Waals surface area contributed by atoms with Crippen molar-refractivity contribution >= 4 is 26.7 Å². The largest absolute Gasteiger partial charge is 0.481 e. The van der Waals surface area contributed by atoms with Crippen LogP contribution in [0.15, 0.2) is 60.8 Å². The average molecular weight is 733 g/mol. The number of hydrogen-bond acceptors (Lipinski definition) is 6. The molecule has 3 heterocycles. The third-order valence-corrected chi connectivity index (χ3v) is 12.8. The van der Waals surface area contributed by atoms with Crippen molar-refractivity contribution in [2.75, 3.05) is 11.5 Å². The van der Waals surface area contributed by atoms with Gasteiger partial charge < -0.3 is 14.8 Å². The number of aryl methyl sites for hydroxylation is 2. The summed E-state index contributed by atoms with van der Waals surface area (Å²) in [5, 5.41) is 15.5. The maximum absolute atomic E-state index is 15.7. The number of H-pyrrole nitrogens is 1. The fraction of sp³-hybridized carbons (Fsp3) is 0.425. The van der Waals surface area contributed by atoms with Gasteiger partial charge in [0.1, 0.15) is 11.6 Å². The molecule has 52 heavy (non-hydrogen) atoms. The molecule has 0 fully saturated rings. The molecule has 0 spiro atoms. The molecule has 2 atom stereocenters. The lowest BCUT2D eigenvalue weighted by Gasteiger charge is -2.31. The number of aliphatic carboxylic acids is 1. The summed E-state index contributed by atoms with van der Waals surface area (Å²) in [5.74, 6) is -1.68. The van der Waals surface area contributed by atoms with Gasteiger partial charge in [0.25, 0.3) is 0 Å². The first-order chi connectivity index (χ1) is 24.4. The third-order valence-electron chi connectivity index (χ3n) is 10.8. The Morgan fingerprint density at radius 1 is 1.08 bits per heavy atom. The van der Waals surface area contributed by atoms with Crippen molar-refractivity contribution < 1.29 is 31.8 Å². The van der Waals surface area contributed by atoms with Crippen molar-refractivity contribution in [3.63, 3.8) is 0 Å². The predicted molar refractivity (Wildman–Crippen MR) is 197 cm³/mol. The van der Waals surface area contributed by atoms with Crippen molar-refractivity contribution in [2.45, 2.75) is 78.6 Å². The Morgan fingerprint density at radius 3 is 2.58 bits per heavy atom. The second kappa shape index (κ2) is 13.8. The first-order valence-electron chi connectivity index (χ1n) is 17.6. The van der Waals surface area contributed by atoms with Crippen molar-refractivity contribution in [3.05, 3.63) is 94.9 Å². The van der Waals surface area contributed by atoms with Gasteiger partial charge in [-0.1, -0.05) is 51.5 Å². The Bertz CT molecular complexity index is 2260. The summed E-state index contributed by atoms with van der Waals surface area (Å²) < 4.78 is 66.4. The first-order valence-corrected chi connectivity index (χ1v) is 19.5. The van der Waals surface area contributed by atoms with Gasteiger partial charge in [-0.05, 0) is 86.8 Å². The second-order valence-corrected chi connectivity index (χ2v) is 17.7. The topological polar surface area (TPSA) is 127 Å². The molecule has 276 valence electrons. The zero-order chi connectivity index (χ0) is 37.6. The molecule has 0 amide bonds. The summed E-state index contributed by atoms with van der Waals surface area (Å²) in [4.78, 5) is 20.1. The van der Waals surface area contributed by atoms with Crippen LogP contribution in [-0.2, 0) is 39.9 Å². The molecule has 1 aliphatic heterocycles. The van der Waals surface area contributed by atoms with Crippen molar-refractivity contribution in [3.8, 4) is 22.9 Å². The van der Waals surface area contributed by atoms with Crippen molar-refractivity contribution in [2.24, 2.45) is 17.9 Å². The van der Waals surface area contributed by atoms with E-state index in [-0.39, 0.29) is 40.8 Å². The van der Waals surface area contributed by atoms with E-state index in [1.54, 1.807) is 26.2 Å².